The molecule has 0 aliphatic rings. The van der Waals surface area contributed by atoms with Crippen molar-refractivity contribution in [2.24, 2.45) is 0 Å². The molecule has 1 rings (SSSR count). The average Bonchev–Trinajstić information content (AvgIpc) is 2.06. The summed E-state index contributed by atoms with van der Waals surface area (Å²) in [6, 6.07) is -0.187. The van der Waals surface area contributed by atoms with Crippen LogP contribution >= 0.6 is 0 Å². The van der Waals surface area contributed by atoms with Gasteiger partial charge in [0.25, 0.3) is 0 Å². The topological polar surface area (TPSA) is 26.0 Å². The van der Waals surface area contributed by atoms with Gasteiger partial charge in [-0.25, -0.2) is 13.2 Å². The van der Waals surface area contributed by atoms with Gasteiger partial charge in [0.15, 0.2) is 11.6 Å². The van der Waals surface area contributed by atoms with Crippen LogP contribution in [0.2, 0.25) is 0 Å². The van der Waals surface area contributed by atoms with Crippen LogP contribution in [0.5, 0.6) is 0 Å². The first-order valence-corrected chi connectivity index (χ1v) is 3.25. The van der Waals surface area contributed by atoms with Crippen molar-refractivity contribution in [3.8, 4) is 0 Å². The molecule has 0 amide bonds. The van der Waals surface area contributed by atoms with Crippen LogP contribution in [0.4, 0.5) is 32.0 Å². The number of alkyl halides is 3. The van der Waals surface area contributed by atoms with E-state index in [1.54, 1.807) is 0 Å². The lowest BCUT2D eigenvalue weighted by Gasteiger charge is -2.09. The summed E-state index contributed by atoms with van der Waals surface area (Å²) >= 11 is 0. The van der Waals surface area contributed by atoms with Crippen LogP contribution in [-0.2, 0) is 6.18 Å². The van der Waals surface area contributed by atoms with Crippen LogP contribution in [0.25, 0.3) is 0 Å². The predicted molar refractivity (Wildman–Crippen MR) is 35.7 cm³/mol. The molecule has 0 heterocycles. The molecule has 7 heteroatoms. The number of anilines is 1. The van der Waals surface area contributed by atoms with E-state index in [1.165, 1.54) is 0 Å². The number of halogens is 6. The van der Waals surface area contributed by atoms with Crippen molar-refractivity contribution in [1.82, 2.24) is 0 Å². The van der Waals surface area contributed by atoms with E-state index in [0.717, 1.165) is 0 Å². The van der Waals surface area contributed by atoms with E-state index in [4.69, 9.17) is 0 Å². The van der Waals surface area contributed by atoms with Gasteiger partial charge in [-0.15, -0.1) is 0 Å². The average molecular weight is 215 g/mol. The van der Waals surface area contributed by atoms with Crippen molar-refractivity contribution in [2.75, 3.05) is 5.73 Å². The summed E-state index contributed by atoms with van der Waals surface area (Å²) in [5.41, 5.74) is 1.36. The van der Waals surface area contributed by atoms with Gasteiger partial charge in [-0.3, -0.25) is 0 Å². The van der Waals surface area contributed by atoms with Crippen LogP contribution in [0, 0.1) is 17.5 Å². The second kappa shape index (κ2) is 3.07. The van der Waals surface area contributed by atoms with Crippen LogP contribution in [0.15, 0.2) is 6.07 Å². The molecule has 0 spiro atoms. The van der Waals surface area contributed by atoms with Crippen LogP contribution in [0.1, 0.15) is 5.56 Å². The Morgan fingerprint density at radius 3 is 1.93 bits per heavy atom. The lowest BCUT2D eigenvalue weighted by atomic mass is 10.1. The third-order valence-corrected chi connectivity index (χ3v) is 1.50. The van der Waals surface area contributed by atoms with Crippen LogP contribution in [-0.4, -0.2) is 0 Å². The van der Waals surface area contributed by atoms with Crippen molar-refractivity contribution in [3.63, 3.8) is 0 Å². The fourth-order valence-electron chi connectivity index (χ4n) is 0.815. The highest BCUT2D eigenvalue weighted by Crippen LogP contribution is 2.34. The molecule has 0 aliphatic heterocycles. The highest BCUT2D eigenvalue weighted by Gasteiger charge is 2.37. The van der Waals surface area contributed by atoms with Crippen molar-refractivity contribution in [2.45, 2.75) is 6.18 Å². The Morgan fingerprint density at radius 2 is 1.50 bits per heavy atom. The number of nitrogens with two attached hydrogens (primary N) is 1. The summed E-state index contributed by atoms with van der Waals surface area (Å²) in [4.78, 5) is 0. The van der Waals surface area contributed by atoms with E-state index in [0.29, 0.717) is 0 Å². The Hall–Kier alpha value is -1.40. The second-order valence-electron chi connectivity index (χ2n) is 2.45. The largest absolute Gasteiger partial charge is 0.419 e. The molecule has 1 aromatic rings. The van der Waals surface area contributed by atoms with E-state index >= 15 is 0 Å². The van der Waals surface area contributed by atoms with E-state index in [1.807, 2.05) is 0 Å². The van der Waals surface area contributed by atoms with Gasteiger partial charge in [0, 0.05) is 0 Å². The highest BCUT2D eigenvalue weighted by molar-refractivity contribution is 5.44. The van der Waals surface area contributed by atoms with Gasteiger partial charge >= 0.3 is 6.18 Å². The van der Waals surface area contributed by atoms with E-state index < -0.39 is 34.9 Å². The first-order chi connectivity index (χ1) is 6.25. The standard InChI is InChI=1S/C7H3F6N/c8-3-1-2(7(11,12)13)4(9)5(10)6(3)14/h1H,14H2. The molecule has 14 heavy (non-hydrogen) atoms. The van der Waals surface area contributed by atoms with Crippen molar-refractivity contribution in [1.29, 1.82) is 0 Å². The van der Waals surface area contributed by atoms with Crippen molar-refractivity contribution >= 4 is 5.69 Å². The minimum absolute atomic E-state index is 0.187. The number of rotatable bonds is 0. The maximum absolute atomic E-state index is 12.6. The third kappa shape index (κ3) is 1.61. The molecule has 0 fully saturated rings. The van der Waals surface area contributed by atoms with Gasteiger partial charge in [-0.05, 0) is 6.07 Å². The molecule has 0 bridgehead atoms. The minimum Gasteiger partial charge on any atom is -0.394 e. The lowest BCUT2D eigenvalue weighted by molar-refractivity contribution is -0.140. The highest BCUT2D eigenvalue weighted by atomic mass is 19.4. The Kier molecular flexibility index (Phi) is 2.34. The SMILES string of the molecule is Nc1c(F)cc(C(F)(F)F)c(F)c1F. The summed E-state index contributed by atoms with van der Waals surface area (Å²) in [7, 11) is 0. The quantitative estimate of drug-likeness (QED) is 0.402. The number of hydrogen-bond acceptors (Lipinski definition) is 1. The zero-order valence-electron chi connectivity index (χ0n) is 6.42. The van der Waals surface area contributed by atoms with Crippen LogP contribution in [0.3, 0.4) is 0 Å². The molecular weight excluding hydrogens is 212 g/mol. The Bertz CT molecular complexity index is 369. The van der Waals surface area contributed by atoms with Gasteiger partial charge in [0.2, 0.25) is 0 Å². The van der Waals surface area contributed by atoms with Gasteiger partial charge in [0.05, 0.1) is 5.56 Å². The molecule has 78 valence electrons. The second-order valence-corrected chi connectivity index (χ2v) is 2.45. The summed E-state index contributed by atoms with van der Waals surface area (Å²) in [6.07, 6.45) is -5.15. The minimum atomic E-state index is -5.15. The predicted octanol–water partition coefficient (Wildman–Crippen LogP) is 2.70. The van der Waals surface area contributed by atoms with Crippen molar-refractivity contribution < 1.29 is 26.3 Å². The molecule has 1 nitrogen and oxygen atoms in total. The Labute approximate surface area is 74.1 Å². The fourth-order valence-corrected chi connectivity index (χ4v) is 0.815. The normalized spacial score (nSPS) is 11.9. The third-order valence-electron chi connectivity index (χ3n) is 1.50. The van der Waals surface area contributed by atoms with E-state index in [2.05, 4.69) is 5.73 Å². The molecular formula is C7H3F6N. The Balaban J connectivity index is 3.49. The van der Waals surface area contributed by atoms with Gasteiger partial charge < -0.3 is 5.73 Å². The summed E-state index contributed by atoms with van der Waals surface area (Å²) < 4.78 is 73.4. The number of nitrogen functional groups attached to an aromatic ring is 1. The monoisotopic (exact) mass is 215 g/mol. The molecule has 0 unspecified atom stereocenters. The molecule has 2 N–H and O–H groups in total. The molecule has 0 atom stereocenters. The summed E-state index contributed by atoms with van der Waals surface area (Å²) in [5, 5.41) is 0. The molecule has 0 radical (unpaired) electrons. The zero-order chi connectivity index (χ0) is 11.1. The molecule has 0 aromatic heterocycles. The molecule has 0 saturated heterocycles. The first-order valence-electron chi connectivity index (χ1n) is 3.25. The zero-order valence-corrected chi connectivity index (χ0v) is 6.42. The summed E-state index contributed by atoms with van der Waals surface area (Å²) in [5.74, 6) is -5.87. The summed E-state index contributed by atoms with van der Waals surface area (Å²) in [6.45, 7) is 0. The molecule has 1 aromatic carbocycles. The first kappa shape index (κ1) is 10.7. The van der Waals surface area contributed by atoms with Crippen LogP contribution < -0.4 is 5.73 Å². The van der Waals surface area contributed by atoms with Gasteiger partial charge in [0.1, 0.15) is 11.5 Å². The van der Waals surface area contributed by atoms with E-state index in [9.17, 15) is 26.3 Å². The van der Waals surface area contributed by atoms with E-state index in [-0.39, 0.29) is 6.07 Å². The number of benzene rings is 1. The maximum atomic E-state index is 12.6. The smallest absolute Gasteiger partial charge is 0.394 e. The maximum Gasteiger partial charge on any atom is 0.419 e. The Morgan fingerprint density at radius 1 is 1.00 bits per heavy atom. The van der Waals surface area contributed by atoms with Gasteiger partial charge in [-0.1, -0.05) is 0 Å². The van der Waals surface area contributed by atoms with Gasteiger partial charge in [-0.2, -0.15) is 13.2 Å². The number of hydrogen-bond donors (Lipinski definition) is 1. The lowest BCUT2D eigenvalue weighted by Crippen LogP contribution is -2.12. The fraction of sp³-hybridized carbons (Fsp3) is 0.143. The molecule has 0 saturated carbocycles. The van der Waals surface area contributed by atoms with Crippen molar-refractivity contribution in [3.05, 3.63) is 29.1 Å². The molecule has 0 aliphatic carbocycles.